The molecule has 0 N–H and O–H groups in total. The van der Waals surface area contributed by atoms with Crippen LogP contribution in [0.2, 0.25) is 0 Å². The van der Waals surface area contributed by atoms with Crippen LogP contribution in [0.25, 0.3) is 0 Å². The molecule has 0 aromatic rings. The molecule has 0 aliphatic carbocycles. The first-order valence-electron chi connectivity index (χ1n) is 5.49. The van der Waals surface area contributed by atoms with E-state index in [0.717, 1.165) is 0 Å². The molecule has 0 aromatic heterocycles. The number of rotatable bonds is 8. The molecule has 1 nitrogen and oxygen atoms in total. The Balaban J connectivity index is 0. The summed E-state index contributed by atoms with van der Waals surface area (Å²) in [5, 5.41) is 0. The first-order valence-corrected chi connectivity index (χ1v) is 6.40. The van der Waals surface area contributed by atoms with E-state index in [1.165, 1.54) is 44.9 Å². The fourth-order valence-corrected chi connectivity index (χ4v) is 1.68. The zero-order valence-corrected chi connectivity index (χ0v) is 13.1. The molecule has 0 aliphatic rings. The van der Waals surface area contributed by atoms with E-state index in [0.29, 0.717) is 4.95 Å². The fourth-order valence-electron chi connectivity index (χ4n) is 1.35. The maximum Gasteiger partial charge on any atom is 0.0650 e. The summed E-state index contributed by atoms with van der Waals surface area (Å²) in [6, 6.07) is 0. The fraction of sp³-hybridized carbons (Fsp3) is 1.00. The monoisotopic (exact) mass is 329 g/mol. The van der Waals surface area contributed by atoms with Crippen molar-refractivity contribution in [1.82, 2.24) is 4.90 Å². The maximum atomic E-state index is 3.65. The van der Waals surface area contributed by atoms with Gasteiger partial charge in [-0.05, 0) is 20.5 Å². The standard InChI is InChI=1S/C11H24BrN.BrH/c1-4-5-6-7-8-9-10-11(12)13(2)3;/h11H,4-10H2,1-3H3;1H. The minimum Gasteiger partial charge on any atom is -0.297 e. The molecule has 0 aromatic carbocycles. The van der Waals surface area contributed by atoms with Crippen molar-refractivity contribution in [3.05, 3.63) is 0 Å². The van der Waals surface area contributed by atoms with Crippen molar-refractivity contribution >= 4 is 32.9 Å². The van der Waals surface area contributed by atoms with Crippen molar-refractivity contribution in [2.24, 2.45) is 0 Å². The van der Waals surface area contributed by atoms with E-state index in [1.807, 2.05) is 0 Å². The van der Waals surface area contributed by atoms with Crippen molar-refractivity contribution in [3.63, 3.8) is 0 Å². The Kier molecular flexibility index (Phi) is 14.8. The third kappa shape index (κ3) is 11.0. The maximum absolute atomic E-state index is 3.65. The largest absolute Gasteiger partial charge is 0.297 e. The number of nitrogens with zero attached hydrogens (tertiary/aromatic N) is 1. The predicted octanol–water partition coefficient (Wildman–Crippen LogP) is 4.60. The highest BCUT2D eigenvalue weighted by Crippen LogP contribution is 2.14. The number of unbranched alkanes of at least 4 members (excludes halogenated alkanes) is 5. The molecular formula is C11H25Br2N. The first-order chi connectivity index (χ1) is 6.18. The summed E-state index contributed by atoms with van der Waals surface area (Å²) in [6.07, 6.45) is 9.63. The van der Waals surface area contributed by atoms with Crippen LogP contribution in [0.15, 0.2) is 0 Å². The van der Waals surface area contributed by atoms with E-state index in [9.17, 15) is 0 Å². The smallest absolute Gasteiger partial charge is 0.0650 e. The van der Waals surface area contributed by atoms with E-state index < -0.39 is 0 Å². The van der Waals surface area contributed by atoms with Gasteiger partial charge in [-0.25, -0.2) is 0 Å². The molecule has 0 saturated heterocycles. The number of halogens is 2. The lowest BCUT2D eigenvalue weighted by atomic mass is 10.1. The van der Waals surface area contributed by atoms with Gasteiger partial charge >= 0.3 is 0 Å². The van der Waals surface area contributed by atoms with Crippen LogP contribution in [-0.4, -0.2) is 23.9 Å². The molecule has 1 atom stereocenters. The van der Waals surface area contributed by atoms with Crippen LogP contribution >= 0.6 is 32.9 Å². The van der Waals surface area contributed by atoms with Gasteiger partial charge in [-0.3, -0.25) is 4.90 Å². The van der Waals surface area contributed by atoms with Gasteiger partial charge in [-0.2, -0.15) is 0 Å². The van der Waals surface area contributed by atoms with Crippen LogP contribution in [0, 0.1) is 0 Å². The SMILES string of the molecule is Br.CCCCCCCCC(Br)N(C)C. The highest BCUT2D eigenvalue weighted by atomic mass is 79.9. The lowest BCUT2D eigenvalue weighted by Crippen LogP contribution is -2.21. The minimum absolute atomic E-state index is 0. The highest BCUT2D eigenvalue weighted by Gasteiger charge is 2.04. The van der Waals surface area contributed by atoms with Gasteiger partial charge in [0.1, 0.15) is 0 Å². The van der Waals surface area contributed by atoms with Crippen molar-refractivity contribution in [2.45, 2.75) is 56.8 Å². The summed E-state index contributed by atoms with van der Waals surface area (Å²) < 4.78 is 0. The number of hydrogen-bond acceptors (Lipinski definition) is 1. The Labute approximate surface area is 109 Å². The number of alkyl halides is 1. The van der Waals surface area contributed by atoms with Crippen LogP contribution in [-0.2, 0) is 0 Å². The average Bonchev–Trinajstić information content (AvgIpc) is 2.10. The van der Waals surface area contributed by atoms with Crippen LogP contribution in [0.5, 0.6) is 0 Å². The second kappa shape index (κ2) is 12.0. The first kappa shape index (κ1) is 17.3. The van der Waals surface area contributed by atoms with Gasteiger partial charge in [0.15, 0.2) is 0 Å². The lowest BCUT2D eigenvalue weighted by molar-refractivity contribution is 0.364. The lowest BCUT2D eigenvalue weighted by Gasteiger charge is -2.17. The number of hydrogen-bond donors (Lipinski definition) is 0. The minimum atomic E-state index is 0. The van der Waals surface area contributed by atoms with Gasteiger partial charge < -0.3 is 0 Å². The molecule has 0 fully saturated rings. The van der Waals surface area contributed by atoms with Crippen molar-refractivity contribution in [3.8, 4) is 0 Å². The Morgan fingerprint density at radius 1 is 1.00 bits per heavy atom. The highest BCUT2D eigenvalue weighted by molar-refractivity contribution is 9.09. The Hall–Kier alpha value is 0.920. The molecule has 3 heteroatoms. The quantitative estimate of drug-likeness (QED) is 0.357. The normalized spacial score (nSPS) is 12.6. The summed E-state index contributed by atoms with van der Waals surface area (Å²) >= 11 is 3.65. The average molecular weight is 331 g/mol. The zero-order valence-electron chi connectivity index (χ0n) is 9.76. The summed E-state index contributed by atoms with van der Waals surface area (Å²) in [5.74, 6) is 0. The molecule has 88 valence electrons. The van der Waals surface area contributed by atoms with Gasteiger partial charge in [0.2, 0.25) is 0 Å². The Morgan fingerprint density at radius 3 is 2.00 bits per heavy atom. The Bertz CT molecular complexity index is 107. The molecule has 0 bridgehead atoms. The summed E-state index contributed by atoms with van der Waals surface area (Å²) in [5.41, 5.74) is 0. The van der Waals surface area contributed by atoms with Crippen molar-refractivity contribution < 1.29 is 0 Å². The zero-order chi connectivity index (χ0) is 10.1. The summed E-state index contributed by atoms with van der Waals surface area (Å²) in [7, 11) is 4.24. The van der Waals surface area contributed by atoms with Gasteiger partial charge in [0.05, 0.1) is 4.95 Å². The molecule has 0 heterocycles. The van der Waals surface area contributed by atoms with Crippen molar-refractivity contribution in [1.29, 1.82) is 0 Å². The van der Waals surface area contributed by atoms with E-state index in [2.05, 4.69) is 41.8 Å². The van der Waals surface area contributed by atoms with Gasteiger partial charge in [0.25, 0.3) is 0 Å². The molecule has 14 heavy (non-hydrogen) atoms. The molecule has 1 unspecified atom stereocenters. The van der Waals surface area contributed by atoms with Crippen LogP contribution < -0.4 is 0 Å². The summed E-state index contributed by atoms with van der Waals surface area (Å²) in [6.45, 7) is 2.26. The van der Waals surface area contributed by atoms with E-state index >= 15 is 0 Å². The summed E-state index contributed by atoms with van der Waals surface area (Å²) in [4.78, 5) is 2.80. The van der Waals surface area contributed by atoms with Gasteiger partial charge in [-0.1, -0.05) is 61.4 Å². The molecule has 0 aliphatic heterocycles. The second-order valence-electron chi connectivity index (χ2n) is 3.95. The van der Waals surface area contributed by atoms with Crippen LogP contribution in [0.4, 0.5) is 0 Å². The van der Waals surface area contributed by atoms with Gasteiger partial charge in [0, 0.05) is 0 Å². The predicted molar refractivity (Wildman–Crippen MR) is 74.7 cm³/mol. The molecule has 0 amide bonds. The van der Waals surface area contributed by atoms with E-state index in [4.69, 9.17) is 0 Å². The molecule has 0 radical (unpaired) electrons. The molecule has 0 saturated carbocycles. The van der Waals surface area contributed by atoms with Crippen molar-refractivity contribution in [2.75, 3.05) is 14.1 Å². The Morgan fingerprint density at radius 2 is 1.50 bits per heavy atom. The second-order valence-corrected chi connectivity index (χ2v) is 5.01. The van der Waals surface area contributed by atoms with E-state index in [-0.39, 0.29) is 17.0 Å². The molecular weight excluding hydrogens is 306 g/mol. The van der Waals surface area contributed by atoms with Crippen LogP contribution in [0.3, 0.4) is 0 Å². The molecule has 0 rings (SSSR count). The molecule has 0 spiro atoms. The third-order valence-corrected chi connectivity index (χ3v) is 3.63. The van der Waals surface area contributed by atoms with Crippen LogP contribution in [0.1, 0.15) is 51.9 Å². The third-order valence-electron chi connectivity index (χ3n) is 2.36. The topological polar surface area (TPSA) is 3.24 Å². The van der Waals surface area contributed by atoms with E-state index in [1.54, 1.807) is 0 Å². The van der Waals surface area contributed by atoms with Gasteiger partial charge in [-0.15, -0.1) is 17.0 Å².